The van der Waals surface area contributed by atoms with Crippen molar-refractivity contribution in [3.8, 4) is 10.9 Å². The molecule has 0 aliphatic heterocycles. The molecule has 0 N–H and O–H groups in total. The zero-order valence-electron chi connectivity index (χ0n) is 12.4. The summed E-state index contributed by atoms with van der Waals surface area (Å²) in [5.74, 6) is 1.07. The number of ether oxygens (including phenoxy) is 1. The Morgan fingerprint density at radius 2 is 1.91 bits per heavy atom. The molecule has 0 aliphatic carbocycles. The number of carbonyl (C=O) groups is 1. The topological polar surface area (TPSA) is 39.2 Å². The van der Waals surface area contributed by atoms with Gasteiger partial charge in [-0.1, -0.05) is 42.5 Å². The molecule has 22 heavy (non-hydrogen) atoms. The minimum atomic E-state index is 0.301. The molecule has 0 radical (unpaired) electrons. The maximum absolute atomic E-state index is 11.3. The number of aryl methyl sites for hydroxylation is 1. The van der Waals surface area contributed by atoms with Crippen LogP contribution in [0.25, 0.3) is 10.2 Å². The molecule has 0 atom stereocenters. The predicted molar refractivity (Wildman–Crippen MR) is 89.8 cm³/mol. The van der Waals surface area contributed by atoms with Crippen molar-refractivity contribution in [2.75, 3.05) is 0 Å². The van der Waals surface area contributed by atoms with Crippen LogP contribution in [-0.4, -0.2) is 10.8 Å². The van der Waals surface area contributed by atoms with Crippen LogP contribution in [0.5, 0.6) is 10.9 Å². The Kier molecular flexibility index (Phi) is 4.49. The number of rotatable bonds is 6. The summed E-state index contributed by atoms with van der Waals surface area (Å²) in [6, 6.07) is 15.8. The van der Waals surface area contributed by atoms with Gasteiger partial charge >= 0.3 is 0 Å². The van der Waals surface area contributed by atoms with Gasteiger partial charge in [-0.25, -0.2) is 4.98 Å². The van der Waals surface area contributed by atoms with Gasteiger partial charge in [-0.3, -0.25) is 4.79 Å². The Bertz CT molecular complexity index is 744. The molecule has 0 fully saturated rings. The van der Waals surface area contributed by atoms with Crippen LogP contribution in [0.15, 0.2) is 48.5 Å². The molecule has 1 heterocycles. The summed E-state index contributed by atoms with van der Waals surface area (Å²) in [4.78, 5) is 15.8. The molecular formula is C18H17NO2S. The predicted octanol–water partition coefficient (Wildman–Crippen LogP) is 5.00. The molecule has 3 aromatic rings. The molecule has 3 rings (SSSR count). The van der Waals surface area contributed by atoms with Gasteiger partial charge in [0.25, 0.3) is 5.19 Å². The van der Waals surface area contributed by atoms with Gasteiger partial charge < -0.3 is 4.74 Å². The van der Waals surface area contributed by atoms with Crippen molar-refractivity contribution in [2.24, 2.45) is 0 Å². The average molecular weight is 311 g/mol. The molecule has 0 unspecified atom stereocenters. The summed E-state index contributed by atoms with van der Waals surface area (Å²) in [6.45, 7) is 1.90. The third-order valence-electron chi connectivity index (χ3n) is 3.49. The van der Waals surface area contributed by atoms with Crippen LogP contribution < -0.4 is 4.74 Å². The molecule has 4 heteroatoms. The van der Waals surface area contributed by atoms with Crippen molar-refractivity contribution in [2.45, 2.75) is 26.2 Å². The molecule has 0 aliphatic rings. The van der Waals surface area contributed by atoms with Crippen molar-refractivity contribution in [1.82, 2.24) is 4.98 Å². The molecule has 0 saturated heterocycles. The van der Waals surface area contributed by atoms with E-state index in [4.69, 9.17) is 4.74 Å². The molecule has 0 saturated carbocycles. The molecule has 2 aromatic carbocycles. The minimum Gasteiger partial charge on any atom is -0.431 e. The second-order valence-corrected chi connectivity index (χ2v) is 6.08. The summed E-state index contributed by atoms with van der Waals surface area (Å²) in [5.41, 5.74) is 2.11. The second-order valence-electron chi connectivity index (χ2n) is 5.09. The number of hydrogen-bond donors (Lipinski definition) is 0. The summed E-state index contributed by atoms with van der Waals surface area (Å²) in [5, 5.41) is 0.648. The van der Waals surface area contributed by atoms with Crippen molar-refractivity contribution < 1.29 is 9.53 Å². The number of para-hydroxylation sites is 1. The smallest absolute Gasteiger partial charge is 0.279 e. The zero-order valence-corrected chi connectivity index (χ0v) is 13.2. The van der Waals surface area contributed by atoms with Gasteiger partial charge in [0.05, 0.1) is 10.2 Å². The number of hydrogen-bond acceptors (Lipinski definition) is 4. The number of carbonyl (C=O) groups excluding carboxylic acids is 1. The molecule has 0 spiro atoms. The highest BCUT2D eigenvalue weighted by atomic mass is 32.1. The Labute approximate surface area is 133 Å². The highest BCUT2D eigenvalue weighted by Crippen LogP contribution is 2.31. The van der Waals surface area contributed by atoms with Gasteiger partial charge in [-0.05, 0) is 36.2 Å². The fraction of sp³-hybridized carbons (Fsp3) is 0.222. The molecule has 3 nitrogen and oxygen atoms in total. The number of ketones is 1. The first kappa shape index (κ1) is 14.7. The third-order valence-corrected chi connectivity index (χ3v) is 4.40. The van der Waals surface area contributed by atoms with Gasteiger partial charge in [0.15, 0.2) is 0 Å². The number of thiazole rings is 1. The van der Waals surface area contributed by atoms with Gasteiger partial charge in [0, 0.05) is 12.8 Å². The number of fused-ring (bicyclic) bond motifs is 1. The number of nitrogens with zero attached hydrogens (tertiary/aromatic N) is 1. The lowest BCUT2D eigenvalue weighted by molar-refractivity contribution is -0.118. The SMILES string of the molecule is CCC(=O)CCc1ccc(Oc2nc3ccccc3s2)cc1. The molecule has 0 amide bonds. The van der Waals surface area contributed by atoms with Gasteiger partial charge in [0.2, 0.25) is 0 Å². The van der Waals surface area contributed by atoms with E-state index in [1.807, 2.05) is 55.5 Å². The van der Waals surface area contributed by atoms with E-state index < -0.39 is 0 Å². The Morgan fingerprint density at radius 3 is 2.64 bits per heavy atom. The lowest BCUT2D eigenvalue weighted by Crippen LogP contribution is -1.97. The first-order valence-electron chi connectivity index (χ1n) is 7.38. The fourth-order valence-corrected chi connectivity index (χ4v) is 3.02. The summed E-state index contributed by atoms with van der Waals surface area (Å²) in [7, 11) is 0. The zero-order chi connectivity index (χ0) is 15.4. The normalized spacial score (nSPS) is 10.8. The van der Waals surface area contributed by atoms with Gasteiger partial charge in [-0.15, -0.1) is 0 Å². The van der Waals surface area contributed by atoms with Crippen LogP contribution in [0.4, 0.5) is 0 Å². The van der Waals surface area contributed by atoms with Gasteiger partial charge in [0.1, 0.15) is 11.5 Å². The van der Waals surface area contributed by atoms with E-state index in [1.165, 1.54) is 11.3 Å². The van der Waals surface area contributed by atoms with E-state index in [9.17, 15) is 4.79 Å². The monoisotopic (exact) mass is 311 g/mol. The molecule has 0 bridgehead atoms. The number of aromatic nitrogens is 1. The van der Waals surface area contributed by atoms with Crippen molar-refractivity contribution in [1.29, 1.82) is 0 Å². The van der Waals surface area contributed by atoms with Crippen molar-refractivity contribution in [3.63, 3.8) is 0 Å². The van der Waals surface area contributed by atoms with Crippen LogP contribution >= 0.6 is 11.3 Å². The summed E-state index contributed by atoms with van der Waals surface area (Å²) < 4.78 is 6.92. The maximum atomic E-state index is 11.3. The van der Waals surface area contributed by atoms with E-state index in [-0.39, 0.29) is 0 Å². The highest BCUT2D eigenvalue weighted by Gasteiger charge is 2.06. The lowest BCUT2D eigenvalue weighted by atomic mass is 10.1. The molecule has 112 valence electrons. The standard InChI is InChI=1S/C18H17NO2S/c1-2-14(20)10-7-13-8-11-15(12-9-13)21-18-19-16-5-3-4-6-17(16)22-18/h3-6,8-9,11-12H,2,7,10H2,1H3. The first-order valence-corrected chi connectivity index (χ1v) is 8.20. The third kappa shape index (κ3) is 3.52. The van der Waals surface area contributed by atoms with Crippen LogP contribution in [0.2, 0.25) is 0 Å². The average Bonchev–Trinajstić information content (AvgIpc) is 2.96. The van der Waals surface area contributed by atoms with Gasteiger partial charge in [-0.2, -0.15) is 0 Å². The van der Waals surface area contributed by atoms with E-state index in [2.05, 4.69) is 4.98 Å². The van der Waals surface area contributed by atoms with Crippen molar-refractivity contribution >= 4 is 27.3 Å². The van der Waals surface area contributed by atoms with E-state index in [0.717, 1.165) is 28.0 Å². The van der Waals surface area contributed by atoms with E-state index in [1.54, 1.807) is 0 Å². The summed E-state index contributed by atoms with van der Waals surface area (Å²) in [6.07, 6.45) is 2.00. The van der Waals surface area contributed by atoms with Crippen LogP contribution in [0.3, 0.4) is 0 Å². The first-order chi connectivity index (χ1) is 10.7. The van der Waals surface area contributed by atoms with Crippen molar-refractivity contribution in [3.05, 3.63) is 54.1 Å². The molecular weight excluding hydrogens is 294 g/mol. The lowest BCUT2D eigenvalue weighted by Gasteiger charge is -2.03. The molecule has 1 aromatic heterocycles. The Balaban J connectivity index is 1.66. The largest absolute Gasteiger partial charge is 0.431 e. The minimum absolute atomic E-state index is 0.301. The Morgan fingerprint density at radius 1 is 1.14 bits per heavy atom. The number of benzene rings is 2. The van der Waals surface area contributed by atoms with Crippen LogP contribution in [0, 0.1) is 0 Å². The summed E-state index contributed by atoms with van der Waals surface area (Å²) >= 11 is 1.54. The fourth-order valence-electron chi connectivity index (χ4n) is 2.18. The van der Waals surface area contributed by atoms with E-state index in [0.29, 0.717) is 23.8 Å². The van der Waals surface area contributed by atoms with Crippen LogP contribution in [0.1, 0.15) is 25.3 Å². The Hall–Kier alpha value is -2.20. The van der Waals surface area contributed by atoms with Crippen LogP contribution in [-0.2, 0) is 11.2 Å². The second kappa shape index (κ2) is 6.71. The number of Topliss-reactive ketones (excluding diaryl/α,β-unsaturated/α-hetero) is 1. The van der Waals surface area contributed by atoms with E-state index >= 15 is 0 Å². The highest BCUT2D eigenvalue weighted by molar-refractivity contribution is 7.20. The maximum Gasteiger partial charge on any atom is 0.279 e. The quantitative estimate of drug-likeness (QED) is 0.643.